The Labute approximate surface area is 139 Å². The molecule has 2 aromatic rings. The lowest BCUT2D eigenvalue weighted by Crippen LogP contribution is -2.32. The van der Waals surface area contributed by atoms with Gasteiger partial charge in [-0.2, -0.15) is 0 Å². The standard InChI is InChI=1S/C18H19F2NO3/c1-11(17(22)12-5-6-14(19)15(20)9-12)21-10-13-3-2-4-16-18(13)24-8-7-23-16/h2-6,9,11,17,21-22H,7-8,10H2,1H3. The highest BCUT2D eigenvalue weighted by Gasteiger charge is 2.20. The van der Waals surface area contributed by atoms with Gasteiger partial charge in [0.05, 0.1) is 6.10 Å². The zero-order chi connectivity index (χ0) is 17.1. The number of hydrogen-bond acceptors (Lipinski definition) is 4. The highest BCUT2D eigenvalue weighted by molar-refractivity contribution is 5.47. The van der Waals surface area contributed by atoms with E-state index in [1.807, 2.05) is 18.2 Å². The molecule has 0 aromatic heterocycles. The minimum absolute atomic E-state index is 0.323. The minimum atomic E-state index is -0.971. The van der Waals surface area contributed by atoms with Gasteiger partial charge in [-0.3, -0.25) is 0 Å². The van der Waals surface area contributed by atoms with Gasteiger partial charge in [-0.15, -0.1) is 0 Å². The first kappa shape index (κ1) is 16.7. The number of fused-ring (bicyclic) bond motifs is 1. The number of rotatable bonds is 5. The van der Waals surface area contributed by atoms with Gasteiger partial charge in [0.15, 0.2) is 23.1 Å². The highest BCUT2D eigenvalue weighted by atomic mass is 19.2. The zero-order valence-corrected chi connectivity index (χ0v) is 13.3. The Morgan fingerprint density at radius 2 is 1.92 bits per heavy atom. The van der Waals surface area contributed by atoms with Crippen LogP contribution in [0.4, 0.5) is 8.78 Å². The Hall–Kier alpha value is -2.18. The number of halogens is 2. The number of aliphatic hydroxyl groups excluding tert-OH is 1. The van der Waals surface area contributed by atoms with Crippen molar-refractivity contribution < 1.29 is 23.4 Å². The van der Waals surface area contributed by atoms with Gasteiger partial charge in [0, 0.05) is 18.2 Å². The monoisotopic (exact) mass is 335 g/mol. The van der Waals surface area contributed by atoms with Crippen molar-refractivity contribution in [2.24, 2.45) is 0 Å². The molecule has 24 heavy (non-hydrogen) atoms. The fourth-order valence-corrected chi connectivity index (χ4v) is 2.64. The van der Waals surface area contributed by atoms with Crippen molar-refractivity contribution in [1.29, 1.82) is 0 Å². The van der Waals surface area contributed by atoms with Crippen molar-refractivity contribution in [1.82, 2.24) is 5.32 Å². The summed E-state index contributed by atoms with van der Waals surface area (Å²) in [5, 5.41) is 13.5. The summed E-state index contributed by atoms with van der Waals surface area (Å²) < 4.78 is 37.5. The molecule has 1 heterocycles. The van der Waals surface area contributed by atoms with Crippen molar-refractivity contribution in [3.8, 4) is 11.5 Å². The Morgan fingerprint density at radius 1 is 1.12 bits per heavy atom. The molecular weight excluding hydrogens is 316 g/mol. The summed E-state index contributed by atoms with van der Waals surface area (Å²) in [6.45, 7) is 3.25. The maximum atomic E-state index is 13.3. The number of ether oxygens (including phenoxy) is 2. The summed E-state index contributed by atoms with van der Waals surface area (Å²) in [6, 6.07) is 8.67. The van der Waals surface area contributed by atoms with Gasteiger partial charge >= 0.3 is 0 Å². The second-order valence-corrected chi connectivity index (χ2v) is 5.73. The SMILES string of the molecule is CC(NCc1cccc2c1OCCO2)C(O)c1ccc(F)c(F)c1. The largest absolute Gasteiger partial charge is 0.486 e. The summed E-state index contributed by atoms with van der Waals surface area (Å²) in [5.74, 6) is -0.499. The second kappa shape index (κ2) is 7.15. The maximum absolute atomic E-state index is 13.3. The summed E-state index contributed by atoms with van der Waals surface area (Å²) in [4.78, 5) is 0. The molecule has 2 N–H and O–H groups in total. The molecule has 6 heteroatoms. The third kappa shape index (κ3) is 3.49. The number of para-hydroxylation sites is 1. The molecule has 0 saturated heterocycles. The van der Waals surface area contributed by atoms with E-state index in [9.17, 15) is 13.9 Å². The van der Waals surface area contributed by atoms with E-state index in [-0.39, 0.29) is 6.04 Å². The quantitative estimate of drug-likeness (QED) is 0.882. The third-order valence-corrected chi connectivity index (χ3v) is 4.02. The summed E-state index contributed by atoms with van der Waals surface area (Å²) in [5.41, 5.74) is 1.24. The Kier molecular flexibility index (Phi) is 4.97. The van der Waals surface area contributed by atoms with Gasteiger partial charge in [0.2, 0.25) is 0 Å². The number of benzene rings is 2. The Bertz CT molecular complexity index is 723. The van der Waals surface area contributed by atoms with E-state index in [0.29, 0.717) is 36.8 Å². The van der Waals surface area contributed by atoms with Gasteiger partial charge in [0.25, 0.3) is 0 Å². The lowest BCUT2D eigenvalue weighted by molar-refractivity contribution is 0.134. The first-order valence-electron chi connectivity index (χ1n) is 7.80. The highest BCUT2D eigenvalue weighted by Crippen LogP contribution is 2.33. The average molecular weight is 335 g/mol. The van der Waals surface area contributed by atoms with Gasteiger partial charge in [-0.1, -0.05) is 18.2 Å². The van der Waals surface area contributed by atoms with Gasteiger partial charge in [-0.05, 0) is 30.7 Å². The molecule has 0 spiro atoms. The molecule has 3 rings (SSSR count). The van der Waals surface area contributed by atoms with Crippen molar-refractivity contribution in [2.75, 3.05) is 13.2 Å². The molecule has 0 radical (unpaired) electrons. The molecule has 2 unspecified atom stereocenters. The van der Waals surface area contributed by atoms with Crippen LogP contribution < -0.4 is 14.8 Å². The average Bonchev–Trinajstić information content (AvgIpc) is 2.61. The minimum Gasteiger partial charge on any atom is -0.486 e. The first-order chi connectivity index (χ1) is 11.6. The molecular formula is C18H19F2NO3. The van der Waals surface area contributed by atoms with E-state index in [1.54, 1.807) is 6.92 Å². The van der Waals surface area contributed by atoms with Crippen LogP contribution in [0.1, 0.15) is 24.2 Å². The van der Waals surface area contributed by atoms with Crippen LogP contribution in [0.2, 0.25) is 0 Å². The number of aliphatic hydroxyl groups is 1. The van der Waals surface area contributed by atoms with Crippen molar-refractivity contribution in [3.05, 3.63) is 59.2 Å². The molecule has 0 fully saturated rings. The fraction of sp³-hybridized carbons (Fsp3) is 0.333. The maximum Gasteiger partial charge on any atom is 0.165 e. The van der Waals surface area contributed by atoms with E-state index in [0.717, 1.165) is 17.7 Å². The Balaban J connectivity index is 1.67. The summed E-state index contributed by atoms with van der Waals surface area (Å²) in [6.07, 6.45) is -0.961. The van der Waals surface area contributed by atoms with Gasteiger partial charge < -0.3 is 19.9 Å². The predicted octanol–water partition coefficient (Wildman–Crippen LogP) is 2.95. The molecule has 0 aliphatic carbocycles. The summed E-state index contributed by atoms with van der Waals surface area (Å²) >= 11 is 0. The van der Waals surface area contributed by atoms with E-state index in [1.165, 1.54) is 6.07 Å². The summed E-state index contributed by atoms with van der Waals surface area (Å²) in [7, 11) is 0. The van der Waals surface area contributed by atoms with Crippen molar-refractivity contribution in [3.63, 3.8) is 0 Å². The fourth-order valence-electron chi connectivity index (χ4n) is 2.64. The van der Waals surface area contributed by atoms with Crippen molar-refractivity contribution in [2.45, 2.75) is 25.6 Å². The van der Waals surface area contributed by atoms with Crippen LogP contribution in [0, 0.1) is 11.6 Å². The lowest BCUT2D eigenvalue weighted by Gasteiger charge is -2.24. The van der Waals surface area contributed by atoms with E-state index in [4.69, 9.17) is 9.47 Å². The Morgan fingerprint density at radius 3 is 2.71 bits per heavy atom. The van der Waals surface area contributed by atoms with E-state index in [2.05, 4.69) is 5.32 Å². The van der Waals surface area contributed by atoms with Crippen LogP contribution in [-0.2, 0) is 6.54 Å². The number of hydrogen-bond donors (Lipinski definition) is 2. The molecule has 1 aliphatic rings. The first-order valence-corrected chi connectivity index (χ1v) is 7.80. The molecule has 2 atom stereocenters. The van der Waals surface area contributed by atoms with Crippen LogP contribution in [0.3, 0.4) is 0 Å². The molecule has 0 saturated carbocycles. The smallest absolute Gasteiger partial charge is 0.165 e. The molecule has 0 bridgehead atoms. The van der Waals surface area contributed by atoms with E-state index >= 15 is 0 Å². The van der Waals surface area contributed by atoms with Crippen LogP contribution in [-0.4, -0.2) is 24.4 Å². The molecule has 1 aliphatic heterocycles. The molecule has 0 amide bonds. The van der Waals surface area contributed by atoms with Crippen molar-refractivity contribution >= 4 is 0 Å². The third-order valence-electron chi connectivity index (χ3n) is 4.02. The lowest BCUT2D eigenvalue weighted by atomic mass is 10.0. The van der Waals surface area contributed by atoms with Crippen LogP contribution in [0.25, 0.3) is 0 Å². The normalized spacial score (nSPS) is 15.8. The van der Waals surface area contributed by atoms with Crippen LogP contribution >= 0.6 is 0 Å². The van der Waals surface area contributed by atoms with Crippen LogP contribution in [0.5, 0.6) is 11.5 Å². The molecule has 128 valence electrons. The molecule has 4 nitrogen and oxygen atoms in total. The van der Waals surface area contributed by atoms with Crippen LogP contribution in [0.15, 0.2) is 36.4 Å². The zero-order valence-electron chi connectivity index (χ0n) is 13.3. The number of nitrogens with one attached hydrogen (secondary N) is 1. The van der Waals surface area contributed by atoms with Gasteiger partial charge in [0.1, 0.15) is 13.2 Å². The molecule has 2 aromatic carbocycles. The second-order valence-electron chi connectivity index (χ2n) is 5.73. The topological polar surface area (TPSA) is 50.7 Å². The predicted molar refractivity (Wildman–Crippen MR) is 85.1 cm³/mol. The van der Waals surface area contributed by atoms with Gasteiger partial charge in [-0.25, -0.2) is 8.78 Å². The van der Waals surface area contributed by atoms with E-state index < -0.39 is 17.7 Å².